The van der Waals surface area contributed by atoms with E-state index in [1.165, 1.54) is 24.1 Å². The van der Waals surface area contributed by atoms with Crippen molar-refractivity contribution in [3.8, 4) is 11.4 Å². The minimum atomic E-state index is -5.01. The highest BCUT2D eigenvalue weighted by Crippen LogP contribution is 2.38. The zero-order valence-electron chi connectivity index (χ0n) is 17.3. The summed E-state index contributed by atoms with van der Waals surface area (Å²) in [6.07, 6.45) is -5.78. The molecule has 1 amide bonds. The quantitative estimate of drug-likeness (QED) is 0.251. The first-order valence-corrected chi connectivity index (χ1v) is 10.6. The molecule has 0 unspecified atom stereocenters. The number of carbonyl (C=O) groups is 1. The minimum absolute atomic E-state index is 0.0219. The van der Waals surface area contributed by atoms with Crippen LogP contribution in [0.1, 0.15) is 22.4 Å². The molecule has 0 saturated carbocycles. The predicted molar refractivity (Wildman–Crippen MR) is 118 cm³/mol. The lowest BCUT2D eigenvalue weighted by molar-refractivity contribution is -0.143. The monoisotopic (exact) mass is 498 g/mol. The van der Waals surface area contributed by atoms with E-state index in [1.807, 2.05) is 0 Å². The molecule has 3 N–H and O–H groups in total. The van der Waals surface area contributed by atoms with Gasteiger partial charge in [-0.3, -0.25) is 4.79 Å². The van der Waals surface area contributed by atoms with Gasteiger partial charge in [0.05, 0.1) is 16.8 Å². The van der Waals surface area contributed by atoms with E-state index in [0.717, 1.165) is 6.20 Å². The van der Waals surface area contributed by atoms with Crippen LogP contribution in [0.2, 0.25) is 0 Å². The molecule has 0 aliphatic rings. The van der Waals surface area contributed by atoms with Crippen LogP contribution in [0.15, 0.2) is 54.7 Å². The fourth-order valence-electron chi connectivity index (χ4n) is 2.99. The summed E-state index contributed by atoms with van der Waals surface area (Å²) >= 11 is 1.33. The molecule has 3 rings (SSSR count). The zero-order valence-corrected chi connectivity index (χ0v) is 18.1. The number of benzene rings is 2. The van der Waals surface area contributed by atoms with Crippen molar-refractivity contribution in [3.63, 3.8) is 0 Å². The minimum Gasteiger partial charge on any atom is -0.366 e. The van der Waals surface area contributed by atoms with E-state index >= 15 is 0 Å². The third kappa shape index (κ3) is 6.07. The zero-order chi connectivity index (χ0) is 25.1. The average molecular weight is 498 g/mol. The maximum Gasteiger partial charge on any atom is 0.416 e. The molecule has 0 atom stereocenters. The Kier molecular flexibility index (Phi) is 7.20. The number of primary amides is 1. The summed E-state index contributed by atoms with van der Waals surface area (Å²) in [5, 5.41) is 0. The van der Waals surface area contributed by atoms with Gasteiger partial charge in [-0.05, 0) is 48.0 Å². The van der Waals surface area contributed by atoms with E-state index < -0.39 is 35.0 Å². The van der Waals surface area contributed by atoms with Gasteiger partial charge in [0, 0.05) is 29.3 Å². The summed E-state index contributed by atoms with van der Waals surface area (Å²) in [5.41, 5.74) is 3.26. The van der Waals surface area contributed by atoms with E-state index in [9.17, 15) is 31.1 Å². The molecule has 1 aromatic heterocycles. The van der Waals surface area contributed by atoms with E-state index in [4.69, 9.17) is 5.73 Å². The maximum atomic E-state index is 13.2. The number of nitrogens with two attached hydrogens (primary N) is 1. The first-order chi connectivity index (χ1) is 15.9. The van der Waals surface area contributed by atoms with Gasteiger partial charge >= 0.3 is 12.4 Å². The first kappa shape index (κ1) is 25.1. The highest BCUT2D eigenvalue weighted by molar-refractivity contribution is 7.99. The summed E-state index contributed by atoms with van der Waals surface area (Å²) in [6, 6.07) is 9.13. The molecule has 0 spiro atoms. The van der Waals surface area contributed by atoms with Crippen LogP contribution in [0.5, 0.6) is 0 Å². The molecule has 12 heteroatoms. The lowest BCUT2D eigenvalue weighted by Crippen LogP contribution is -2.13. The number of rotatable bonds is 6. The van der Waals surface area contributed by atoms with Gasteiger partial charge < -0.3 is 10.5 Å². The number of aromatic nitrogens is 2. The summed E-state index contributed by atoms with van der Waals surface area (Å²) in [4.78, 5) is 19.9. The third-order valence-electron chi connectivity index (χ3n) is 4.47. The highest BCUT2D eigenvalue weighted by Gasteiger charge is 2.37. The van der Waals surface area contributed by atoms with Crippen LogP contribution < -0.4 is 10.5 Å². The molecule has 34 heavy (non-hydrogen) atoms. The molecule has 0 bridgehead atoms. The molecular formula is C22H16F6N4OS. The molecule has 0 aliphatic carbocycles. The van der Waals surface area contributed by atoms with Gasteiger partial charge in [-0.15, -0.1) is 0 Å². The van der Waals surface area contributed by atoms with Gasteiger partial charge in [-0.1, -0.05) is 24.1 Å². The van der Waals surface area contributed by atoms with Crippen molar-refractivity contribution >= 4 is 35.2 Å². The van der Waals surface area contributed by atoms with Gasteiger partial charge in [0.2, 0.25) is 5.91 Å². The van der Waals surface area contributed by atoms with Crippen LogP contribution in [-0.2, 0) is 17.1 Å². The van der Waals surface area contributed by atoms with Crippen LogP contribution in [0.4, 0.5) is 32.0 Å². The molecule has 1 heterocycles. The maximum absolute atomic E-state index is 13.2. The molecular weight excluding hydrogens is 482 g/mol. The van der Waals surface area contributed by atoms with Crippen molar-refractivity contribution in [2.75, 3.05) is 11.0 Å². The van der Waals surface area contributed by atoms with Crippen LogP contribution in [0, 0.1) is 0 Å². The molecule has 5 nitrogen and oxygen atoms in total. The fraction of sp³-hybridized carbons (Fsp3) is 0.136. The van der Waals surface area contributed by atoms with Crippen molar-refractivity contribution in [2.24, 2.45) is 5.73 Å². The van der Waals surface area contributed by atoms with E-state index in [2.05, 4.69) is 14.7 Å². The fourth-order valence-corrected chi connectivity index (χ4v) is 3.35. The second kappa shape index (κ2) is 9.75. The van der Waals surface area contributed by atoms with Gasteiger partial charge in [0.15, 0.2) is 5.82 Å². The Bertz CT molecular complexity index is 1210. The molecule has 3 aromatic rings. The van der Waals surface area contributed by atoms with E-state index in [1.54, 1.807) is 30.5 Å². The Hall–Kier alpha value is -3.54. The van der Waals surface area contributed by atoms with Gasteiger partial charge in [0.1, 0.15) is 0 Å². The van der Waals surface area contributed by atoms with Gasteiger partial charge in [-0.25, -0.2) is 9.97 Å². The lowest BCUT2D eigenvalue weighted by Gasteiger charge is -2.14. The van der Waals surface area contributed by atoms with E-state index in [-0.39, 0.29) is 23.2 Å². The van der Waals surface area contributed by atoms with Crippen molar-refractivity contribution in [3.05, 3.63) is 77.1 Å². The number of hydrogen-bond acceptors (Lipinski definition) is 5. The number of nitrogens with one attached hydrogen (secondary N) is 1. The Morgan fingerprint density at radius 2 is 1.65 bits per heavy atom. The van der Waals surface area contributed by atoms with Gasteiger partial charge in [-0.2, -0.15) is 26.3 Å². The third-order valence-corrected chi connectivity index (χ3v) is 4.91. The smallest absolute Gasteiger partial charge is 0.366 e. The van der Waals surface area contributed by atoms with Crippen LogP contribution in [0.25, 0.3) is 23.0 Å². The largest absolute Gasteiger partial charge is 0.416 e. The summed E-state index contributed by atoms with van der Waals surface area (Å²) < 4.78 is 82.1. The van der Waals surface area contributed by atoms with Crippen molar-refractivity contribution in [1.29, 1.82) is 0 Å². The number of halogens is 6. The molecule has 0 radical (unpaired) electrons. The molecule has 2 aromatic carbocycles. The normalized spacial score (nSPS) is 12.5. The number of anilines is 1. The predicted octanol–water partition coefficient (Wildman–Crippen LogP) is 5.90. The second-order valence-corrected chi connectivity index (χ2v) is 7.52. The molecule has 0 saturated heterocycles. The van der Waals surface area contributed by atoms with Crippen LogP contribution >= 0.6 is 11.9 Å². The molecule has 178 valence electrons. The van der Waals surface area contributed by atoms with Crippen molar-refractivity contribution in [1.82, 2.24) is 9.97 Å². The number of alkyl halides is 6. The van der Waals surface area contributed by atoms with E-state index in [0.29, 0.717) is 23.4 Å². The second-order valence-electron chi connectivity index (χ2n) is 6.91. The number of hydrogen-bond donors (Lipinski definition) is 2. The Labute approximate surface area is 194 Å². The first-order valence-electron chi connectivity index (χ1n) is 9.42. The number of carbonyl (C=O) groups excluding carboxylic acids is 1. The molecule has 0 aliphatic heterocycles. The standard InChI is InChI=1S/C22H16F6N4OS/c1-34-32-17-4-2-3-12(9-17)18(19(29)33)11-16-5-6-30-20(31-16)13-7-14(21(23,24)25)10-15(8-13)22(26,27)28/h2-11,32H,1H3,(H2,29,33)/b18-11+. The Balaban J connectivity index is 2.10. The number of nitrogens with zero attached hydrogens (tertiary/aromatic N) is 2. The Morgan fingerprint density at radius 3 is 2.21 bits per heavy atom. The highest BCUT2D eigenvalue weighted by atomic mass is 32.2. The summed E-state index contributed by atoms with van der Waals surface area (Å²) in [6.45, 7) is 0. The summed E-state index contributed by atoms with van der Waals surface area (Å²) in [7, 11) is 0. The van der Waals surface area contributed by atoms with Crippen molar-refractivity contribution in [2.45, 2.75) is 12.4 Å². The topological polar surface area (TPSA) is 80.9 Å². The lowest BCUT2D eigenvalue weighted by atomic mass is 10.0. The van der Waals surface area contributed by atoms with Gasteiger partial charge in [0.25, 0.3) is 0 Å². The van der Waals surface area contributed by atoms with Crippen LogP contribution in [0.3, 0.4) is 0 Å². The number of amides is 1. The SMILES string of the molecule is CSNc1cccc(/C(=C\c2ccnc(-c3cc(C(F)(F)F)cc(C(F)(F)F)c3)n2)C(N)=O)c1. The Morgan fingerprint density at radius 1 is 1.00 bits per heavy atom. The van der Waals surface area contributed by atoms with Crippen molar-refractivity contribution < 1.29 is 31.1 Å². The summed E-state index contributed by atoms with van der Waals surface area (Å²) in [5.74, 6) is -1.19. The van der Waals surface area contributed by atoms with Crippen LogP contribution in [-0.4, -0.2) is 22.1 Å². The average Bonchev–Trinajstić information content (AvgIpc) is 2.76. The molecule has 0 fully saturated rings.